The molecule has 2 aromatic carbocycles. The number of sulfonamides is 1. The van der Waals surface area contributed by atoms with Gasteiger partial charge in [-0.15, -0.1) is 0 Å². The molecule has 3 aromatic rings. The number of aromatic nitrogens is 2. The van der Waals surface area contributed by atoms with E-state index in [1.165, 1.54) is 57.5 Å². The minimum absolute atomic E-state index is 0.107. The summed E-state index contributed by atoms with van der Waals surface area (Å²) in [6.45, 7) is 4.22. The first-order valence-electron chi connectivity index (χ1n) is 10.4. The molecule has 1 atom stereocenters. The van der Waals surface area contributed by atoms with E-state index in [2.05, 4.69) is 10.4 Å². The van der Waals surface area contributed by atoms with Gasteiger partial charge in [0, 0.05) is 35.0 Å². The van der Waals surface area contributed by atoms with Crippen LogP contribution in [0.1, 0.15) is 35.5 Å². The molecule has 4 rings (SSSR count). The summed E-state index contributed by atoms with van der Waals surface area (Å²) in [7, 11) is -4.74. The van der Waals surface area contributed by atoms with E-state index in [-0.39, 0.29) is 22.0 Å². The molecule has 1 aliphatic rings. The average molecular weight is 491 g/mol. The van der Waals surface area contributed by atoms with Crippen LogP contribution in [0.15, 0.2) is 53.4 Å². The van der Waals surface area contributed by atoms with Crippen LogP contribution in [0.25, 0.3) is 5.69 Å². The SMILES string of the molecule is CCN(CC)S(=O)(=O)c1ccc(C(=O)Nc2c3c(nn2-c2ccc(F)cc2)C[S@@](=O)C3)cc1. The fourth-order valence-corrected chi connectivity index (χ4v) is 6.42. The second-order valence-electron chi connectivity index (χ2n) is 7.46. The molecule has 0 spiro atoms. The highest BCUT2D eigenvalue weighted by atomic mass is 32.2. The zero-order valence-electron chi connectivity index (χ0n) is 18.1. The number of amides is 1. The van der Waals surface area contributed by atoms with Crippen LogP contribution in [0.3, 0.4) is 0 Å². The molecule has 1 aliphatic heterocycles. The van der Waals surface area contributed by atoms with Gasteiger partial charge in [-0.1, -0.05) is 13.8 Å². The van der Waals surface area contributed by atoms with Crippen molar-refractivity contribution in [3.8, 4) is 5.69 Å². The third kappa shape index (κ3) is 4.48. The predicted molar refractivity (Wildman–Crippen MR) is 124 cm³/mol. The maximum atomic E-state index is 13.4. The zero-order valence-corrected chi connectivity index (χ0v) is 19.7. The number of nitrogens with zero attached hydrogens (tertiary/aromatic N) is 3. The molecule has 0 aliphatic carbocycles. The Kier molecular flexibility index (Phi) is 6.46. The van der Waals surface area contributed by atoms with Crippen LogP contribution in [0.5, 0.6) is 0 Å². The highest BCUT2D eigenvalue weighted by molar-refractivity contribution is 7.89. The zero-order chi connectivity index (χ0) is 23.8. The van der Waals surface area contributed by atoms with Gasteiger partial charge in [-0.3, -0.25) is 9.00 Å². The molecule has 0 bridgehead atoms. The van der Waals surface area contributed by atoms with Gasteiger partial charge < -0.3 is 5.32 Å². The Morgan fingerprint density at radius 1 is 1.09 bits per heavy atom. The van der Waals surface area contributed by atoms with Crippen LogP contribution in [-0.4, -0.2) is 45.7 Å². The number of hydrogen-bond acceptors (Lipinski definition) is 5. The Morgan fingerprint density at radius 3 is 2.33 bits per heavy atom. The van der Waals surface area contributed by atoms with E-state index in [9.17, 15) is 21.8 Å². The number of rotatable bonds is 7. The third-order valence-electron chi connectivity index (χ3n) is 5.43. The Balaban J connectivity index is 1.64. The number of hydrogen-bond donors (Lipinski definition) is 1. The van der Waals surface area contributed by atoms with Crippen molar-refractivity contribution in [1.29, 1.82) is 0 Å². The second kappa shape index (κ2) is 9.16. The van der Waals surface area contributed by atoms with Crippen molar-refractivity contribution in [3.05, 3.63) is 71.2 Å². The van der Waals surface area contributed by atoms with Crippen LogP contribution in [-0.2, 0) is 32.3 Å². The summed E-state index contributed by atoms with van der Waals surface area (Å²) in [5, 5.41) is 7.29. The quantitative estimate of drug-likeness (QED) is 0.549. The fourth-order valence-electron chi connectivity index (χ4n) is 3.70. The Bertz CT molecular complexity index is 1320. The van der Waals surface area contributed by atoms with Crippen molar-refractivity contribution < 1.29 is 21.8 Å². The lowest BCUT2D eigenvalue weighted by atomic mass is 10.2. The summed E-state index contributed by atoms with van der Waals surface area (Å²) in [4.78, 5) is 13.1. The summed E-state index contributed by atoms with van der Waals surface area (Å²) >= 11 is 0. The lowest BCUT2D eigenvalue weighted by molar-refractivity contribution is 0.102. The van der Waals surface area contributed by atoms with Crippen LogP contribution < -0.4 is 5.32 Å². The first-order valence-corrected chi connectivity index (χ1v) is 13.3. The molecule has 174 valence electrons. The molecule has 1 amide bonds. The maximum Gasteiger partial charge on any atom is 0.256 e. The number of carbonyl (C=O) groups is 1. The molecule has 0 unspecified atom stereocenters. The van der Waals surface area contributed by atoms with Crippen molar-refractivity contribution >= 4 is 32.5 Å². The molecule has 0 radical (unpaired) electrons. The first-order chi connectivity index (χ1) is 15.7. The summed E-state index contributed by atoms with van der Waals surface area (Å²) in [5.41, 5.74) is 2.10. The lowest BCUT2D eigenvalue weighted by Crippen LogP contribution is -2.30. The largest absolute Gasteiger partial charge is 0.306 e. The molecule has 1 N–H and O–H groups in total. The van der Waals surface area contributed by atoms with E-state index in [0.717, 1.165) is 0 Å². The highest BCUT2D eigenvalue weighted by Gasteiger charge is 2.29. The van der Waals surface area contributed by atoms with Crippen LogP contribution >= 0.6 is 0 Å². The summed E-state index contributed by atoms with van der Waals surface area (Å²) in [5.74, 6) is 0.0417. The van der Waals surface area contributed by atoms with Crippen LogP contribution in [0.2, 0.25) is 0 Å². The average Bonchev–Trinajstić information content (AvgIpc) is 3.31. The van der Waals surface area contributed by atoms with Gasteiger partial charge in [0.25, 0.3) is 5.91 Å². The number of anilines is 1. The molecule has 0 fully saturated rings. The molecule has 1 aromatic heterocycles. The van der Waals surface area contributed by atoms with Crippen molar-refractivity contribution in [2.24, 2.45) is 0 Å². The van der Waals surface area contributed by atoms with E-state index < -0.39 is 32.5 Å². The van der Waals surface area contributed by atoms with Gasteiger partial charge >= 0.3 is 0 Å². The fraction of sp³-hybridized carbons (Fsp3) is 0.273. The van der Waals surface area contributed by atoms with Crippen molar-refractivity contribution in [2.75, 3.05) is 18.4 Å². The molecule has 0 saturated heterocycles. The summed E-state index contributed by atoms with van der Waals surface area (Å²) in [6.07, 6.45) is 0. The highest BCUT2D eigenvalue weighted by Crippen LogP contribution is 2.31. The minimum Gasteiger partial charge on any atom is -0.306 e. The molecular weight excluding hydrogens is 467 g/mol. The van der Waals surface area contributed by atoms with Gasteiger partial charge in [-0.05, 0) is 48.5 Å². The smallest absolute Gasteiger partial charge is 0.256 e. The number of halogens is 1. The Labute approximate surface area is 193 Å². The van der Waals surface area contributed by atoms with E-state index in [1.807, 2.05) is 0 Å². The second-order valence-corrected chi connectivity index (χ2v) is 10.9. The number of carbonyl (C=O) groups excluding carboxylic acids is 1. The standard InChI is InChI=1S/C22H23FN4O4S2/c1-3-26(4-2)33(30,31)18-11-5-15(6-12-18)22(28)24-21-19-13-32(29)14-20(19)25-27(21)17-9-7-16(23)8-10-17/h5-12H,3-4,13-14H2,1-2H3,(H,24,28)/t32-/m0/s1. The van der Waals surface area contributed by atoms with Gasteiger partial charge in [0.15, 0.2) is 0 Å². The van der Waals surface area contributed by atoms with Gasteiger partial charge in [-0.25, -0.2) is 17.5 Å². The topological polar surface area (TPSA) is 101 Å². The summed E-state index contributed by atoms with van der Waals surface area (Å²) in [6, 6.07) is 11.4. The van der Waals surface area contributed by atoms with E-state index >= 15 is 0 Å². The third-order valence-corrected chi connectivity index (χ3v) is 8.70. The van der Waals surface area contributed by atoms with Crippen molar-refractivity contribution in [2.45, 2.75) is 30.2 Å². The maximum absolute atomic E-state index is 13.4. The normalized spacial score (nSPS) is 15.6. The Hall–Kier alpha value is -2.89. The summed E-state index contributed by atoms with van der Waals surface area (Å²) < 4.78 is 53.6. The van der Waals surface area contributed by atoms with Gasteiger partial charge in [0.2, 0.25) is 10.0 Å². The number of nitrogens with one attached hydrogen (secondary N) is 1. The minimum atomic E-state index is -3.63. The predicted octanol–water partition coefficient (Wildman–Crippen LogP) is 3.06. The monoisotopic (exact) mass is 490 g/mol. The molecule has 11 heteroatoms. The first kappa shape index (κ1) is 23.3. The molecular formula is C22H23FN4O4S2. The van der Waals surface area contributed by atoms with Crippen molar-refractivity contribution in [3.63, 3.8) is 0 Å². The molecule has 8 nitrogen and oxygen atoms in total. The molecule has 33 heavy (non-hydrogen) atoms. The van der Waals surface area contributed by atoms with Gasteiger partial charge in [0.05, 0.1) is 27.8 Å². The van der Waals surface area contributed by atoms with Gasteiger partial charge in [0.1, 0.15) is 11.6 Å². The van der Waals surface area contributed by atoms with Crippen LogP contribution in [0, 0.1) is 5.82 Å². The van der Waals surface area contributed by atoms with E-state index in [4.69, 9.17) is 0 Å². The molecule has 2 heterocycles. The number of fused-ring (bicyclic) bond motifs is 1. The van der Waals surface area contributed by atoms with Crippen LogP contribution in [0.4, 0.5) is 10.2 Å². The van der Waals surface area contributed by atoms with E-state index in [1.54, 1.807) is 13.8 Å². The lowest BCUT2D eigenvalue weighted by Gasteiger charge is -2.18. The van der Waals surface area contributed by atoms with E-state index in [0.29, 0.717) is 35.9 Å². The van der Waals surface area contributed by atoms with Crippen molar-refractivity contribution in [1.82, 2.24) is 14.1 Å². The molecule has 0 saturated carbocycles. The van der Waals surface area contributed by atoms with Gasteiger partial charge in [-0.2, -0.15) is 9.40 Å². The number of benzene rings is 2. The Morgan fingerprint density at radius 2 is 1.73 bits per heavy atom.